The molecule has 132 heavy (non-hydrogen) atoms. The number of benzene rings is 20. The number of hydrogen-bond acceptors (Lipinski definition) is 11. The number of anilines is 6. The number of pyridine rings is 1. The van der Waals surface area contributed by atoms with E-state index in [0.717, 1.165) is 167 Å². The van der Waals surface area contributed by atoms with Gasteiger partial charge in [-0.3, -0.25) is 4.98 Å². The smallest absolute Gasteiger partial charge is 0.136 e. The van der Waals surface area contributed by atoms with Gasteiger partial charge in [0.1, 0.15) is 11.2 Å². The van der Waals surface area contributed by atoms with E-state index in [1.54, 1.807) is 6.20 Å². The van der Waals surface area contributed by atoms with Gasteiger partial charge in [-0.05, 0) is 226 Å². The Morgan fingerprint density at radius 3 is 1.32 bits per heavy atom. The maximum Gasteiger partial charge on any atom is 0.136 e. The Morgan fingerprint density at radius 1 is 0.273 bits per heavy atom. The molecule has 1 aliphatic rings. The van der Waals surface area contributed by atoms with Gasteiger partial charge in [0, 0.05) is 143 Å². The lowest BCUT2D eigenvalue weighted by molar-refractivity contribution is 0.660. The van der Waals surface area contributed by atoms with Gasteiger partial charge in [0.25, 0.3) is 0 Å². The summed E-state index contributed by atoms with van der Waals surface area (Å²) in [5, 5.41) is 15.1. The van der Waals surface area contributed by atoms with Crippen LogP contribution in [0.4, 0.5) is 34.1 Å². The average molecular weight is 1710 g/mol. The highest BCUT2D eigenvalue weighted by molar-refractivity contribution is 7.26. The second kappa shape index (κ2) is 30.5. The quantitative estimate of drug-likeness (QED) is 0.0865. The fourth-order valence-corrected chi connectivity index (χ4v) is 21.6. The van der Waals surface area contributed by atoms with Gasteiger partial charge in [0.15, 0.2) is 0 Å². The zero-order chi connectivity index (χ0) is 87.2. The van der Waals surface area contributed by atoms with Crippen molar-refractivity contribution in [3.05, 3.63) is 436 Å². The molecule has 28 rings (SSSR count). The fraction of sp³-hybridized carbons (Fsp3) is 0.0250. The molecular formula is C120H76N10OS. The summed E-state index contributed by atoms with van der Waals surface area (Å²) < 4.78 is 11.3. The van der Waals surface area contributed by atoms with E-state index in [2.05, 4.69) is 361 Å². The fourth-order valence-electron chi connectivity index (χ4n) is 20.5. The van der Waals surface area contributed by atoms with E-state index in [-0.39, 0.29) is 5.41 Å². The van der Waals surface area contributed by atoms with Crippen LogP contribution in [0, 0.1) is 0 Å². The molecule has 0 aliphatic heterocycles. The van der Waals surface area contributed by atoms with E-state index in [9.17, 15) is 0 Å². The lowest BCUT2D eigenvalue weighted by Crippen LogP contribution is -2.15. The maximum atomic E-state index is 6.17. The minimum atomic E-state index is -0.0658. The Bertz CT molecular complexity index is 9160. The highest BCUT2D eigenvalue weighted by Gasteiger charge is 2.36. The molecule has 12 heteroatoms. The van der Waals surface area contributed by atoms with Gasteiger partial charge < -0.3 is 18.8 Å². The second-order valence-electron chi connectivity index (χ2n) is 34.6. The second-order valence-corrected chi connectivity index (χ2v) is 35.7. The van der Waals surface area contributed by atoms with Crippen LogP contribution >= 0.6 is 11.3 Å². The molecule has 0 N–H and O–H groups in total. The van der Waals surface area contributed by atoms with Gasteiger partial charge in [-0.25, -0.2) is 29.9 Å². The van der Waals surface area contributed by atoms with Crippen LogP contribution in [-0.4, -0.2) is 39.5 Å². The normalized spacial score (nSPS) is 12.4. The minimum Gasteiger partial charge on any atom is -0.456 e. The topological polar surface area (TPSA) is 115 Å². The Labute approximate surface area is 762 Å². The van der Waals surface area contributed by atoms with Gasteiger partial charge in [0.2, 0.25) is 0 Å². The molecule has 7 heterocycles. The molecule has 618 valence electrons. The van der Waals surface area contributed by atoms with E-state index in [0.29, 0.717) is 0 Å². The molecular weight excluding hydrogens is 1630 g/mol. The van der Waals surface area contributed by atoms with Crippen LogP contribution in [0.5, 0.6) is 0 Å². The van der Waals surface area contributed by atoms with Crippen molar-refractivity contribution in [2.24, 2.45) is 0 Å². The Morgan fingerprint density at radius 2 is 0.720 bits per heavy atom. The molecule has 0 amide bonds. The first-order chi connectivity index (χ1) is 65.2. The largest absolute Gasteiger partial charge is 0.456 e. The van der Waals surface area contributed by atoms with E-state index < -0.39 is 0 Å². The van der Waals surface area contributed by atoms with Gasteiger partial charge in [0.05, 0.1) is 77.9 Å². The number of hydrogen-bond donors (Lipinski definition) is 0. The zero-order valence-corrected chi connectivity index (χ0v) is 72.5. The van der Waals surface area contributed by atoms with Gasteiger partial charge in [-0.1, -0.05) is 244 Å². The molecule has 0 atom stereocenters. The lowest BCUT2D eigenvalue weighted by atomic mass is 9.82. The molecule has 1 aliphatic carbocycles. The van der Waals surface area contributed by atoms with Crippen molar-refractivity contribution in [2.75, 3.05) is 9.80 Å². The number of aromatic nitrogens is 8. The summed E-state index contributed by atoms with van der Waals surface area (Å²) in [4.78, 5) is 40.1. The van der Waals surface area contributed by atoms with E-state index in [1.165, 1.54) is 91.5 Å². The molecule has 0 unspecified atom stereocenters. The third-order valence-electron chi connectivity index (χ3n) is 26.6. The predicted molar refractivity (Wildman–Crippen MR) is 549 cm³/mol. The maximum absolute atomic E-state index is 6.17. The molecule has 0 fully saturated rings. The molecule has 20 aromatic carbocycles. The van der Waals surface area contributed by atoms with E-state index in [1.807, 2.05) is 102 Å². The van der Waals surface area contributed by atoms with Crippen LogP contribution in [0.2, 0.25) is 0 Å². The summed E-state index contributed by atoms with van der Waals surface area (Å²) in [6.45, 7) is 4.66. The number of para-hydroxylation sites is 11. The summed E-state index contributed by atoms with van der Waals surface area (Å²) in [7, 11) is 0. The van der Waals surface area contributed by atoms with Crippen molar-refractivity contribution >= 4 is 186 Å². The molecule has 0 saturated carbocycles. The van der Waals surface area contributed by atoms with Crippen LogP contribution < -0.4 is 9.80 Å². The Kier molecular flexibility index (Phi) is 17.6. The third kappa shape index (κ3) is 12.4. The zero-order valence-electron chi connectivity index (χ0n) is 71.7. The molecule has 0 bridgehead atoms. The number of fused-ring (bicyclic) bond motifs is 13. The molecule has 27 aromatic rings. The number of rotatable bonds is 12. The summed E-state index contributed by atoms with van der Waals surface area (Å²) >= 11 is 1.90. The molecule has 7 aromatic heterocycles. The van der Waals surface area contributed by atoms with Crippen LogP contribution in [0.25, 0.3) is 213 Å². The van der Waals surface area contributed by atoms with Crippen molar-refractivity contribution in [1.29, 1.82) is 0 Å². The van der Waals surface area contributed by atoms with Crippen molar-refractivity contribution < 1.29 is 4.42 Å². The van der Waals surface area contributed by atoms with Gasteiger partial charge >= 0.3 is 0 Å². The van der Waals surface area contributed by atoms with Gasteiger partial charge in [-0.2, -0.15) is 0 Å². The number of furan rings is 1. The van der Waals surface area contributed by atoms with Crippen LogP contribution in [-0.2, 0) is 5.41 Å². The summed E-state index contributed by atoms with van der Waals surface area (Å²) in [6, 6.07) is 145. The van der Waals surface area contributed by atoms with Gasteiger partial charge in [-0.15, -0.1) is 11.3 Å². The lowest BCUT2D eigenvalue weighted by Gasteiger charge is -2.27. The highest BCUT2D eigenvalue weighted by Crippen LogP contribution is 2.56. The summed E-state index contributed by atoms with van der Waals surface area (Å²) in [5.41, 5.74) is 34.1. The van der Waals surface area contributed by atoms with Crippen molar-refractivity contribution in [3.8, 4) is 73.0 Å². The summed E-state index contributed by atoms with van der Waals surface area (Å²) in [5.74, 6) is 0. The summed E-state index contributed by atoms with van der Waals surface area (Å²) in [6.07, 6.45) is 3.67. The van der Waals surface area contributed by atoms with Crippen molar-refractivity contribution in [1.82, 2.24) is 39.5 Å². The first-order valence-corrected chi connectivity index (χ1v) is 45.4. The standard InChI is InChI=1S/C53H40N4.C35H21N3O.C32H15N3S/c1-53(2)47-29-13-12-28-45(47)46-36-44(32-33-48(46)53)57(41-24-10-5-11-25-41)43-27-17-19-38(35-43)52-51(54-49-30-14-15-31-50(49)55-52)37-18-16-26-42(34-37)56(39-20-6-3-7-21-39)40-22-8-4-9-23-40;1-4-10-32-28(7-1)29-19-24-15-16-25(18-27(24)20-33(29)39-32)35-34(37-30-8-2-3-9-31(30)38-35)23-13-11-22(12-14-23)26-6-5-17-36-21-26;1-2-6-16(7-3-1)35-21-12-10-17-25-26-18(32-31(17)33-19-8-4-5-9-20(19)34-32)11-14-23-29(26)30-24(36-23)15-13-22(35)28(30)27(21)25/h3-36H,1-2H3;1-21H;1-15H. The van der Waals surface area contributed by atoms with Crippen molar-refractivity contribution in [3.63, 3.8) is 0 Å². The highest BCUT2D eigenvalue weighted by atomic mass is 32.1. The molecule has 0 radical (unpaired) electrons. The van der Waals surface area contributed by atoms with Crippen LogP contribution in [0.3, 0.4) is 0 Å². The number of thiophene rings is 1. The Balaban J connectivity index is 0.000000107. The minimum absolute atomic E-state index is 0.0658. The molecule has 11 nitrogen and oxygen atoms in total. The Hall–Kier alpha value is -17.2. The van der Waals surface area contributed by atoms with Crippen LogP contribution in [0.15, 0.2) is 429 Å². The van der Waals surface area contributed by atoms with E-state index >= 15 is 0 Å². The SMILES string of the molecule is CC1(C)c2ccccc2-c2cc(N(c3ccccc3)c3cccc(-c4nc5ccccc5nc4-c4cccc(N(c5ccccc5)c5ccccc5)c4)c3)ccc21.c1ccc(-n2c3ccc4sc5ccc6c7nc8ccccc8nc7c7ccc2c2c7c6c5c4c23)cc1.c1cncc(-c2ccc(-c3nc4ccccc4nc3-c3ccc4cc5c(cc4c3)oc3ccccc35)cc2)c1. The average Bonchev–Trinajstić information content (AvgIpc) is 1.49. The number of nitrogens with zero attached hydrogens (tertiary/aromatic N) is 10. The van der Waals surface area contributed by atoms with E-state index in [4.69, 9.17) is 34.3 Å². The predicted octanol–water partition coefficient (Wildman–Crippen LogP) is 32.2. The monoisotopic (exact) mass is 1700 g/mol. The van der Waals surface area contributed by atoms with Crippen molar-refractivity contribution in [2.45, 2.75) is 19.3 Å². The molecule has 0 saturated heterocycles. The first kappa shape index (κ1) is 76.1. The first-order valence-electron chi connectivity index (χ1n) is 44.6. The molecule has 0 spiro atoms. The third-order valence-corrected chi connectivity index (χ3v) is 27.7. The van der Waals surface area contributed by atoms with Crippen LogP contribution in [0.1, 0.15) is 25.0 Å².